The molecule has 1 fully saturated rings. The van der Waals surface area contributed by atoms with Crippen LogP contribution < -0.4 is 4.74 Å². The maximum absolute atomic E-state index is 13.5. The number of carbonyl (C=O) groups excluding carboxylic acids is 1. The first-order valence-electron chi connectivity index (χ1n) is 10.2. The molecule has 30 heavy (non-hydrogen) atoms. The summed E-state index contributed by atoms with van der Waals surface area (Å²) in [5.74, 6) is 0.838. The fourth-order valence-electron chi connectivity index (χ4n) is 4.96. The third-order valence-corrected chi connectivity index (χ3v) is 7.75. The Bertz CT molecular complexity index is 1080. The predicted octanol–water partition coefficient (Wildman–Crippen LogP) is 7.04. The average molecular weight is 446 g/mol. The molecule has 4 nitrogen and oxygen atoms in total. The van der Waals surface area contributed by atoms with Gasteiger partial charge in [-0.2, -0.15) is 0 Å². The number of fused-ring (bicyclic) bond motifs is 2. The van der Waals surface area contributed by atoms with Gasteiger partial charge in [0.2, 0.25) is 5.88 Å². The molecule has 0 amide bonds. The van der Waals surface area contributed by atoms with E-state index in [-0.39, 0.29) is 28.8 Å². The molecular weight excluding hydrogens is 421 g/mol. The molecule has 4 rings (SSSR count). The maximum atomic E-state index is 13.5. The van der Waals surface area contributed by atoms with Gasteiger partial charge >= 0.3 is 0 Å². The lowest BCUT2D eigenvalue weighted by Gasteiger charge is -2.45. The van der Waals surface area contributed by atoms with Crippen molar-refractivity contribution in [3.05, 3.63) is 57.4 Å². The number of aryl methyl sites for hydroxylation is 1. The molecular formula is C24H25Cl2NO3. The Morgan fingerprint density at radius 1 is 1.23 bits per heavy atom. The summed E-state index contributed by atoms with van der Waals surface area (Å²) in [6.45, 7) is 8.27. The van der Waals surface area contributed by atoms with E-state index >= 15 is 0 Å². The van der Waals surface area contributed by atoms with Crippen molar-refractivity contribution in [2.45, 2.75) is 47.0 Å². The number of Topliss-reactive ketones (excluding diaryl/α,β-unsaturated/α-hetero) is 1. The van der Waals surface area contributed by atoms with E-state index in [0.29, 0.717) is 21.4 Å². The molecule has 1 aromatic heterocycles. The van der Waals surface area contributed by atoms with Crippen molar-refractivity contribution in [2.24, 2.45) is 16.7 Å². The van der Waals surface area contributed by atoms with Crippen molar-refractivity contribution in [1.29, 1.82) is 0 Å². The van der Waals surface area contributed by atoms with Gasteiger partial charge in [0.05, 0.1) is 10.6 Å². The minimum Gasteiger partial charge on any atom is -0.511 e. The van der Waals surface area contributed by atoms with Crippen molar-refractivity contribution < 1.29 is 14.6 Å². The van der Waals surface area contributed by atoms with Crippen molar-refractivity contribution in [3.63, 3.8) is 0 Å². The van der Waals surface area contributed by atoms with E-state index in [4.69, 9.17) is 27.9 Å². The van der Waals surface area contributed by atoms with Gasteiger partial charge < -0.3 is 9.84 Å². The summed E-state index contributed by atoms with van der Waals surface area (Å²) in [5.41, 5.74) is 1.42. The Labute approximate surface area is 186 Å². The summed E-state index contributed by atoms with van der Waals surface area (Å²) >= 11 is 12.1. The highest BCUT2D eigenvalue weighted by atomic mass is 35.5. The molecule has 2 aromatic rings. The van der Waals surface area contributed by atoms with Crippen LogP contribution in [0.1, 0.15) is 51.7 Å². The van der Waals surface area contributed by atoms with Crippen LogP contribution in [0.15, 0.2) is 36.2 Å². The zero-order valence-electron chi connectivity index (χ0n) is 17.6. The Balaban J connectivity index is 1.82. The number of pyridine rings is 1. The number of aliphatic hydroxyl groups is 1. The van der Waals surface area contributed by atoms with Crippen LogP contribution >= 0.6 is 23.2 Å². The number of allylic oxidation sites excluding steroid dienone is 2. The van der Waals surface area contributed by atoms with Gasteiger partial charge in [0.1, 0.15) is 16.5 Å². The summed E-state index contributed by atoms with van der Waals surface area (Å²) in [4.78, 5) is 17.6. The smallest absolute Gasteiger partial charge is 0.238 e. The van der Waals surface area contributed by atoms with Crippen molar-refractivity contribution in [2.75, 3.05) is 0 Å². The van der Waals surface area contributed by atoms with Crippen LogP contribution in [0.2, 0.25) is 10.0 Å². The van der Waals surface area contributed by atoms with Crippen molar-refractivity contribution >= 4 is 34.6 Å². The summed E-state index contributed by atoms with van der Waals surface area (Å²) in [5, 5.41) is 12.0. The SMILES string of the molecule is CCc1ccc(Oc2ncc(Cl)cc2Cl)cc1C1=C(O)[C@@]2(C)CC[C@@H](C1=O)C2(C)C. The topological polar surface area (TPSA) is 59.4 Å². The van der Waals surface area contributed by atoms with Crippen LogP contribution in [-0.2, 0) is 11.2 Å². The van der Waals surface area contributed by atoms with Crippen LogP contribution in [0, 0.1) is 16.7 Å². The minimum atomic E-state index is -0.427. The van der Waals surface area contributed by atoms with E-state index < -0.39 is 5.41 Å². The summed E-state index contributed by atoms with van der Waals surface area (Å²) in [6.07, 6.45) is 3.78. The minimum absolute atomic E-state index is 0.0157. The van der Waals surface area contributed by atoms with Crippen molar-refractivity contribution in [1.82, 2.24) is 4.98 Å². The number of hydrogen-bond donors (Lipinski definition) is 1. The van der Waals surface area contributed by atoms with Crippen LogP contribution in [0.4, 0.5) is 0 Å². The van der Waals surface area contributed by atoms with Crippen molar-refractivity contribution in [3.8, 4) is 11.6 Å². The Kier molecular flexibility index (Phi) is 5.14. The van der Waals surface area contributed by atoms with Gasteiger partial charge in [-0.15, -0.1) is 0 Å². The fourth-order valence-corrected chi connectivity index (χ4v) is 5.38. The number of hydrogen-bond acceptors (Lipinski definition) is 4. The van der Waals surface area contributed by atoms with Crippen LogP contribution in [-0.4, -0.2) is 15.9 Å². The summed E-state index contributed by atoms with van der Waals surface area (Å²) in [6, 6.07) is 7.11. The molecule has 1 saturated carbocycles. The first kappa shape index (κ1) is 21.2. The van der Waals surface area contributed by atoms with Gasteiger partial charge in [0.15, 0.2) is 5.78 Å². The average Bonchev–Trinajstić information content (AvgIpc) is 2.87. The van der Waals surface area contributed by atoms with Gasteiger partial charge in [-0.25, -0.2) is 4.98 Å². The summed E-state index contributed by atoms with van der Waals surface area (Å²) in [7, 11) is 0. The molecule has 1 aromatic carbocycles. The number of benzene rings is 1. The van der Waals surface area contributed by atoms with Gasteiger partial charge in [-0.1, -0.05) is 57.0 Å². The zero-order chi connectivity index (χ0) is 21.8. The number of carbonyl (C=O) groups is 1. The van der Waals surface area contributed by atoms with E-state index in [1.54, 1.807) is 12.1 Å². The number of ketones is 1. The third-order valence-electron chi connectivity index (χ3n) is 7.27. The molecule has 0 radical (unpaired) electrons. The highest BCUT2D eigenvalue weighted by Gasteiger charge is 2.61. The highest BCUT2D eigenvalue weighted by molar-refractivity contribution is 6.35. The first-order chi connectivity index (χ1) is 14.1. The third kappa shape index (κ3) is 3.04. The number of ether oxygens (including phenoxy) is 1. The second-order valence-corrected chi connectivity index (χ2v) is 9.79. The van der Waals surface area contributed by atoms with Gasteiger partial charge in [0.25, 0.3) is 0 Å². The molecule has 2 aliphatic carbocycles. The Morgan fingerprint density at radius 2 is 1.97 bits per heavy atom. The lowest BCUT2D eigenvalue weighted by molar-refractivity contribution is -0.122. The second-order valence-electron chi connectivity index (χ2n) is 8.95. The number of halogens is 2. The molecule has 2 bridgehead atoms. The van der Waals surface area contributed by atoms with Gasteiger partial charge in [0, 0.05) is 17.5 Å². The lowest BCUT2D eigenvalue weighted by atomic mass is 9.58. The molecule has 1 heterocycles. The number of nitrogens with zero attached hydrogens (tertiary/aromatic N) is 1. The van der Waals surface area contributed by atoms with E-state index in [1.807, 2.05) is 19.1 Å². The quantitative estimate of drug-likeness (QED) is 0.547. The van der Waals surface area contributed by atoms with Crippen LogP contribution in [0.3, 0.4) is 0 Å². The van der Waals surface area contributed by atoms with E-state index in [2.05, 4.69) is 25.8 Å². The van der Waals surface area contributed by atoms with Gasteiger partial charge in [-0.3, -0.25) is 4.79 Å². The maximum Gasteiger partial charge on any atom is 0.238 e. The van der Waals surface area contributed by atoms with E-state index in [9.17, 15) is 9.90 Å². The number of aliphatic hydroxyl groups excluding tert-OH is 1. The normalized spacial score (nSPS) is 25.0. The van der Waals surface area contributed by atoms with Crippen LogP contribution in [0.25, 0.3) is 5.57 Å². The predicted molar refractivity (Wildman–Crippen MR) is 119 cm³/mol. The largest absolute Gasteiger partial charge is 0.511 e. The van der Waals surface area contributed by atoms with E-state index in [0.717, 1.165) is 30.4 Å². The molecule has 0 aliphatic heterocycles. The second kappa shape index (κ2) is 7.28. The molecule has 0 saturated heterocycles. The number of rotatable bonds is 4. The summed E-state index contributed by atoms with van der Waals surface area (Å²) < 4.78 is 5.88. The fraction of sp³-hybridized carbons (Fsp3) is 0.417. The first-order valence-corrected chi connectivity index (χ1v) is 11.0. The molecule has 2 aliphatic rings. The molecule has 0 unspecified atom stereocenters. The molecule has 158 valence electrons. The lowest BCUT2D eigenvalue weighted by Crippen LogP contribution is -2.43. The van der Waals surface area contributed by atoms with Crippen LogP contribution in [0.5, 0.6) is 11.6 Å². The molecule has 6 heteroatoms. The standard InChI is InChI=1S/C24H25Cl2NO3/c1-5-13-6-7-15(30-22-18(26)10-14(25)12-27-22)11-16(13)19-20(28)17-8-9-24(4,21(19)29)23(17,2)3/h6-7,10-12,17,29H,5,8-9H2,1-4H3/t17-,24+/m0/s1. The zero-order valence-corrected chi connectivity index (χ0v) is 19.1. The molecule has 2 atom stereocenters. The monoisotopic (exact) mass is 445 g/mol. The highest BCUT2D eigenvalue weighted by Crippen LogP contribution is 2.64. The molecule has 1 N–H and O–H groups in total. The number of aromatic nitrogens is 1. The Hall–Kier alpha value is -2.04. The molecule has 0 spiro atoms. The Morgan fingerprint density at radius 3 is 2.63 bits per heavy atom. The van der Waals surface area contributed by atoms with E-state index in [1.165, 1.54) is 6.20 Å². The van der Waals surface area contributed by atoms with Gasteiger partial charge in [-0.05, 0) is 54.0 Å².